The molecule has 1 aliphatic heterocycles. The lowest BCUT2D eigenvalue weighted by atomic mass is 10.1. The van der Waals surface area contributed by atoms with Crippen molar-refractivity contribution in [3.8, 4) is 11.4 Å². The number of hydrogen-bond donors (Lipinski definition) is 1. The van der Waals surface area contributed by atoms with Crippen molar-refractivity contribution in [2.24, 2.45) is 0 Å². The zero-order valence-corrected chi connectivity index (χ0v) is 10.6. The molecule has 17 heavy (non-hydrogen) atoms. The monoisotopic (exact) mass is 249 g/mol. The van der Waals surface area contributed by atoms with Crippen molar-refractivity contribution >= 4 is 11.3 Å². The average molecular weight is 249 g/mol. The van der Waals surface area contributed by atoms with Crippen molar-refractivity contribution in [2.75, 3.05) is 6.54 Å². The number of hydrogen-bond acceptors (Lipinski definition) is 5. The third-order valence-corrected chi connectivity index (χ3v) is 4.01. The van der Waals surface area contributed by atoms with Gasteiger partial charge in [-0.15, -0.1) is 0 Å². The fraction of sp³-hybridized carbons (Fsp3) is 0.500. The molecule has 1 aliphatic rings. The summed E-state index contributed by atoms with van der Waals surface area (Å²) in [5.74, 6) is 1.46. The Balaban J connectivity index is 1.76. The summed E-state index contributed by atoms with van der Waals surface area (Å²) in [7, 11) is 0. The molecular weight excluding hydrogens is 234 g/mol. The maximum absolute atomic E-state index is 5.31. The predicted molar refractivity (Wildman–Crippen MR) is 67.1 cm³/mol. The highest BCUT2D eigenvalue weighted by atomic mass is 32.1. The first-order chi connectivity index (χ1) is 8.33. The molecule has 90 valence electrons. The first-order valence-corrected chi connectivity index (χ1v) is 6.86. The van der Waals surface area contributed by atoms with Gasteiger partial charge in [-0.05, 0) is 37.3 Å². The summed E-state index contributed by atoms with van der Waals surface area (Å²) in [6, 6.07) is 0.506. The van der Waals surface area contributed by atoms with Gasteiger partial charge in [0.25, 0.3) is 0 Å². The van der Waals surface area contributed by atoms with Gasteiger partial charge in [-0.25, -0.2) is 0 Å². The van der Waals surface area contributed by atoms with Crippen LogP contribution in [0.15, 0.2) is 15.3 Å². The van der Waals surface area contributed by atoms with Crippen LogP contribution in [0.1, 0.15) is 24.3 Å². The van der Waals surface area contributed by atoms with Crippen LogP contribution in [-0.2, 0) is 6.42 Å². The van der Waals surface area contributed by atoms with Crippen molar-refractivity contribution in [1.82, 2.24) is 15.5 Å². The Morgan fingerprint density at radius 1 is 1.53 bits per heavy atom. The molecule has 0 aromatic carbocycles. The second-order valence-electron chi connectivity index (χ2n) is 4.48. The van der Waals surface area contributed by atoms with Gasteiger partial charge in [-0.2, -0.15) is 16.3 Å². The van der Waals surface area contributed by atoms with E-state index in [9.17, 15) is 0 Å². The maximum Gasteiger partial charge on any atom is 0.228 e. The van der Waals surface area contributed by atoms with E-state index in [2.05, 4.69) is 33.1 Å². The second kappa shape index (κ2) is 4.58. The zero-order chi connectivity index (χ0) is 11.7. The van der Waals surface area contributed by atoms with Crippen LogP contribution in [0.5, 0.6) is 0 Å². The van der Waals surface area contributed by atoms with E-state index in [1.807, 2.05) is 0 Å². The summed E-state index contributed by atoms with van der Waals surface area (Å²) in [4.78, 5) is 4.47. The highest BCUT2D eigenvalue weighted by Crippen LogP contribution is 2.24. The minimum Gasteiger partial charge on any atom is -0.339 e. The Morgan fingerprint density at radius 2 is 2.47 bits per heavy atom. The molecule has 1 N–H and O–H groups in total. The fourth-order valence-electron chi connectivity index (χ4n) is 2.18. The quantitative estimate of drug-likeness (QED) is 0.907. The molecule has 0 radical (unpaired) electrons. The van der Waals surface area contributed by atoms with E-state index in [-0.39, 0.29) is 0 Å². The Morgan fingerprint density at radius 3 is 3.18 bits per heavy atom. The second-order valence-corrected chi connectivity index (χ2v) is 5.22. The number of nitrogens with one attached hydrogen (secondary N) is 1. The van der Waals surface area contributed by atoms with Crippen molar-refractivity contribution in [3.63, 3.8) is 0 Å². The summed E-state index contributed by atoms with van der Waals surface area (Å²) >= 11 is 1.67. The van der Waals surface area contributed by atoms with E-state index in [0.717, 1.165) is 30.2 Å². The normalized spacial score (nSPS) is 19.9. The van der Waals surface area contributed by atoms with Crippen LogP contribution >= 0.6 is 11.3 Å². The van der Waals surface area contributed by atoms with Crippen LogP contribution in [0.25, 0.3) is 11.4 Å². The van der Waals surface area contributed by atoms with Crippen LogP contribution in [-0.4, -0.2) is 22.7 Å². The molecule has 2 aromatic heterocycles. The number of nitrogens with zero attached hydrogens (tertiary/aromatic N) is 2. The van der Waals surface area contributed by atoms with E-state index in [1.165, 1.54) is 18.4 Å². The number of aromatic nitrogens is 2. The molecule has 3 heterocycles. The molecule has 5 heteroatoms. The van der Waals surface area contributed by atoms with Crippen LogP contribution in [0.2, 0.25) is 0 Å². The largest absolute Gasteiger partial charge is 0.339 e. The summed E-state index contributed by atoms with van der Waals surface area (Å²) in [5, 5.41) is 11.7. The van der Waals surface area contributed by atoms with Crippen molar-refractivity contribution in [2.45, 2.75) is 32.2 Å². The zero-order valence-electron chi connectivity index (χ0n) is 9.77. The van der Waals surface area contributed by atoms with Gasteiger partial charge in [0.05, 0.1) is 0 Å². The van der Waals surface area contributed by atoms with Crippen LogP contribution in [0, 0.1) is 6.92 Å². The number of aryl methyl sites for hydroxylation is 1. The van der Waals surface area contributed by atoms with Gasteiger partial charge in [0.2, 0.25) is 11.7 Å². The third-order valence-electron chi connectivity index (χ3n) is 3.15. The summed E-state index contributed by atoms with van der Waals surface area (Å²) < 4.78 is 5.31. The van der Waals surface area contributed by atoms with Crippen LogP contribution in [0.4, 0.5) is 0 Å². The van der Waals surface area contributed by atoms with Crippen LogP contribution in [0.3, 0.4) is 0 Å². The molecule has 0 bridgehead atoms. The molecule has 0 aliphatic carbocycles. The van der Waals surface area contributed by atoms with Crippen molar-refractivity contribution in [3.05, 3.63) is 22.2 Å². The molecule has 0 saturated carbocycles. The Bertz CT molecular complexity index is 499. The SMILES string of the molecule is Cc1cscc1-c1noc(CC2CCCN2)n1. The van der Waals surface area contributed by atoms with Gasteiger partial charge in [-0.1, -0.05) is 5.16 Å². The number of rotatable bonds is 3. The van der Waals surface area contributed by atoms with Gasteiger partial charge >= 0.3 is 0 Å². The molecule has 1 unspecified atom stereocenters. The molecule has 0 spiro atoms. The first kappa shape index (κ1) is 10.9. The minimum atomic E-state index is 0.506. The number of thiophene rings is 1. The van der Waals surface area contributed by atoms with Crippen LogP contribution < -0.4 is 5.32 Å². The Kier molecular flexibility index (Phi) is 2.94. The Hall–Kier alpha value is -1.20. The molecular formula is C12H15N3OS. The molecule has 0 amide bonds. The fourth-order valence-corrected chi connectivity index (χ4v) is 3.01. The highest BCUT2D eigenvalue weighted by Gasteiger charge is 2.18. The maximum atomic E-state index is 5.31. The highest BCUT2D eigenvalue weighted by molar-refractivity contribution is 7.08. The molecule has 3 rings (SSSR count). The predicted octanol–water partition coefficient (Wildman–Crippen LogP) is 2.40. The van der Waals surface area contributed by atoms with Gasteiger partial charge in [0, 0.05) is 23.4 Å². The lowest BCUT2D eigenvalue weighted by Crippen LogP contribution is -2.23. The molecule has 2 aromatic rings. The lowest BCUT2D eigenvalue weighted by molar-refractivity contribution is 0.364. The van der Waals surface area contributed by atoms with Crippen molar-refractivity contribution in [1.29, 1.82) is 0 Å². The summed E-state index contributed by atoms with van der Waals surface area (Å²) in [6.07, 6.45) is 3.29. The molecule has 4 nitrogen and oxygen atoms in total. The summed E-state index contributed by atoms with van der Waals surface area (Å²) in [6.45, 7) is 3.18. The Labute approximate surface area is 104 Å². The minimum absolute atomic E-state index is 0.506. The lowest BCUT2D eigenvalue weighted by Gasteiger charge is -2.04. The standard InChI is InChI=1S/C12H15N3OS/c1-8-6-17-7-10(8)12-14-11(16-15-12)5-9-3-2-4-13-9/h6-7,9,13H,2-5H2,1H3. The molecule has 1 saturated heterocycles. The van der Waals surface area contributed by atoms with E-state index in [1.54, 1.807) is 11.3 Å². The van der Waals surface area contributed by atoms with Crippen molar-refractivity contribution < 1.29 is 4.52 Å². The van der Waals surface area contributed by atoms with E-state index in [4.69, 9.17) is 4.52 Å². The van der Waals surface area contributed by atoms with E-state index < -0.39 is 0 Å². The molecule has 1 fully saturated rings. The van der Waals surface area contributed by atoms with E-state index in [0.29, 0.717) is 6.04 Å². The van der Waals surface area contributed by atoms with Gasteiger partial charge in [0.15, 0.2) is 0 Å². The van der Waals surface area contributed by atoms with Gasteiger partial charge in [0.1, 0.15) is 0 Å². The molecule has 1 atom stereocenters. The third kappa shape index (κ3) is 2.25. The van der Waals surface area contributed by atoms with E-state index >= 15 is 0 Å². The van der Waals surface area contributed by atoms with Gasteiger partial charge < -0.3 is 9.84 Å². The average Bonchev–Trinajstić information content (AvgIpc) is 3.00. The summed E-state index contributed by atoms with van der Waals surface area (Å²) in [5.41, 5.74) is 2.30. The smallest absolute Gasteiger partial charge is 0.228 e. The first-order valence-electron chi connectivity index (χ1n) is 5.92. The van der Waals surface area contributed by atoms with Gasteiger partial charge in [-0.3, -0.25) is 0 Å². The topological polar surface area (TPSA) is 51.0 Å².